The third-order valence-corrected chi connectivity index (χ3v) is 5.93. The Hall–Kier alpha value is -2.90. The largest absolute Gasteiger partial charge is 0.493 e. The summed E-state index contributed by atoms with van der Waals surface area (Å²) in [4.78, 5) is 17.7. The van der Waals surface area contributed by atoms with Gasteiger partial charge in [-0.1, -0.05) is 18.2 Å². The molecule has 0 saturated carbocycles. The Kier molecular flexibility index (Phi) is 4.79. The Labute approximate surface area is 164 Å². The molecular weight excluding hydrogens is 380 g/mol. The van der Waals surface area contributed by atoms with Crippen molar-refractivity contribution in [2.45, 2.75) is 0 Å². The minimum absolute atomic E-state index is 0.149. The Morgan fingerprint density at radius 3 is 2.63 bits per heavy atom. The van der Waals surface area contributed by atoms with Gasteiger partial charge < -0.3 is 9.47 Å². The molecule has 0 aliphatic rings. The number of nitrogens with one attached hydrogen (secondary N) is 1. The SMILES string of the molecule is COc1ccc(-c2csc(NC(=O)c3cc4ccccc4s3)n2)cc1OC. The highest BCUT2D eigenvalue weighted by Gasteiger charge is 2.14. The number of nitrogens with zero attached hydrogens (tertiary/aromatic N) is 1. The van der Waals surface area contributed by atoms with Gasteiger partial charge >= 0.3 is 0 Å². The molecule has 0 unspecified atom stereocenters. The number of rotatable bonds is 5. The number of hydrogen-bond acceptors (Lipinski definition) is 6. The van der Waals surface area contributed by atoms with Crippen molar-refractivity contribution in [3.05, 3.63) is 58.8 Å². The lowest BCUT2D eigenvalue weighted by atomic mass is 10.1. The summed E-state index contributed by atoms with van der Waals surface area (Å²) in [5.74, 6) is 1.15. The van der Waals surface area contributed by atoms with Gasteiger partial charge in [-0.25, -0.2) is 4.98 Å². The topological polar surface area (TPSA) is 60.5 Å². The third-order valence-electron chi connectivity index (χ3n) is 4.05. The minimum atomic E-state index is -0.149. The zero-order chi connectivity index (χ0) is 18.8. The van der Waals surface area contributed by atoms with E-state index in [1.807, 2.05) is 53.9 Å². The van der Waals surface area contributed by atoms with Crippen LogP contribution in [0.2, 0.25) is 0 Å². The molecule has 7 heteroatoms. The number of hydrogen-bond donors (Lipinski definition) is 1. The number of fused-ring (bicyclic) bond motifs is 1. The summed E-state index contributed by atoms with van der Waals surface area (Å²) in [5, 5.41) is 6.41. The lowest BCUT2D eigenvalue weighted by Crippen LogP contribution is -2.09. The van der Waals surface area contributed by atoms with Crippen molar-refractivity contribution in [1.82, 2.24) is 4.98 Å². The number of ether oxygens (including phenoxy) is 2. The van der Waals surface area contributed by atoms with E-state index in [2.05, 4.69) is 10.3 Å². The van der Waals surface area contributed by atoms with E-state index >= 15 is 0 Å². The van der Waals surface area contributed by atoms with E-state index < -0.39 is 0 Å². The quantitative estimate of drug-likeness (QED) is 0.498. The van der Waals surface area contributed by atoms with Gasteiger partial charge in [0, 0.05) is 15.6 Å². The van der Waals surface area contributed by atoms with E-state index in [9.17, 15) is 4.79 Å². The number of benzene rings is 2. The smallest absolute Gasteiger partial charge is 0.267 e. The molecule has 0 bridgehead atoms. The molecule has 136 valence electrons. The molecule has 0 radical (unpaired) electrons. The lowest BCUT2D eigenvalue weighted by molar-refractivity contribution is 0.103. The molecule has 1 N–H and O–H groups in total. The first kappa shape index (κ1) is 17.5. The average molecular weight is 396 g/mol. The number of aromatic nitrogens is 1. The molecular formula is C20H16N2O3S2. The van der Waals surface area contributed by atoms with Crippen LogP contribution in [0.4, 0.5) is 5.13 Å². The molecule has 0 aliphatic heterocycles. The van der Waals surface area contributed by atoms with Gasteiger partial charge in [0.15, 0.2) is 16.6 Å². The second-order valence-corrected chi connectivity index (χ2v) is 7.65. The van der Waals surface area contributed by atoms with Gasteiger partial charge in [0.25, 0.3) is 5.91 Å². The van der Waals surface area contributed by atoms with Crippen LogP contribution in [0.5, 0.6) is 11.5 Å². The van der Waals surface area contributed by atoms with Crippen molar-refractivity contribution in [2.75, 3.05) is 19.5 Å². The number of amides is 1. The van der Waals surface area contributed by atoms with Crippen LogP contribution >= 0.6 is 22.7 Å². The number of methoxy groups -OCH3 is 2. The van der Waals surface area contributed by atoms with Gasteiger partial charge in [0.2, 0.25) is 0 Å². The van der Waals surface area contributed by atoms with Gasteiger partial charge in [-0.2, -0.15) is 0 Å². The van der Waals surface area contributed by atoms with Crippen LogP contribution < -0.4 is 14.8 Å². The molecule has 0 spiro atoms. The predicted octanol–water partition coefficient (Wildman–Crippen LogP) is 5.29. The van der Waals surface area contributed by atoms with E-state index in [-0.39, 0.29) is 5.91 Å². The molecule has 0 aliphatic carbocycles. The zero-order valence-electron chi connectivity index (χ0n) is 14.7. The average Bonchev–Trinajstić information content (AvgIpc) is 3.34. The van der Waals surface area contributed by atoms with E-state index in [0.29, 0.717) is 21.5 Å². The number of thiophene rings is 1. The summed E-state index contributed by atoms with van der Waals surface area (Å²) < 4.78 is 11.7. The molecule has 27 heavy (non-hydrogen) atoms. The Bertz CT molecular complexity index is 1080. The fraction of sp³-hybridized carbons (Fsp3) is 0.100. The molecule has 0 atom stereocenters. The highest BCUT2D eigenvalue weighted by molar-refractivity contribution is 7.21. The molecule has 4 rings (SSSR count). The van der Waals surface area contributed by atoms with Crippen LogP contribution in [-0.4, -0.2) is 25.1 Å². The van der Waals surface area contributed by atoms with Gasteiger partial charge in [-0.15, -0.1) is 22.7 Å². The summed E-state index contributed by atoms with van der Waals surface area (Å²) in [6, 6.07) is 15.5. The first-order chi connectivity index (χ1) is 13.2. The molecule has 5 nitrogen and oxygen atoms in total. The molecule has 0 saturated heterocycles. The van der Waals surface area contributed by atoms with Crippen LogP contribution in [0.15, 0.2) is 53.9 Å². The van der Waals surface area contributed by atoms with Crippen molar-refractivity contribution in [2.24, 2.45) is 0 Å². The van der Waals surface area contributed by atoms with Gasteiger partial charge in [0.1, 0.15) is 0 Å². The van der Waals surface area contributed by atoms with Crippen LogP contribution in [0.1, 0.15) is 9.67 Å². The number of carbonyl (C=O) groups is 1. The summed E-state index contributed by atoms with van der Waals surface area (Å²) in [6.07, 6.45) is 0. The highest BCUT2D eigenvalue weighted by atomic mass is 32.1. The first-order valence-corrected chi connectivity index (χ1v) is 9.85. The van der Waals surface area contributed by atoms with Gasteiger partial charge in [0.05, 0.1) is 24.8 Å². The lowest BCUT2D eigenvalue weighted by Gasteiger charge is -2.08. The van der Waals surface area contributed by atoms with Crippen molar-refractivity contribution < 1.29 is 14.3 Å². The van der Waals surface area contributed by atoms with Crippen LogP contribution in [0.3, 0.4) is 0 Å². The van der Waals surface area contributed by atoms with Gasteiger partial charge in [-0.3, -0.25) is 10.1 Å². The third kappa shape index (κ3) is 3.51. The van der Waals surface area contributed by atoms with Crippen molar-refractivity contribution in [3.63, 3.8) is 0 Å². The van der Waals surface area contributed by atoms with E-state index in [4.69, 9.17) is 9.47 Å². The highest BCUT2D eigenvalue weighted by Crippen LogP contribution is 2.34. The van der Waals surface area contributed by atoms with Crippen LogP contribution in [0, 0.1) is 0 Å². The number of carbonyl (C=O) groups excluding carboxylic acids is 1. The Morgan fingerprint density at radius 2 is 1.85 bits per heavy atom. The van der Waals surface area contributed by atoms with Crippen LogP contribution in [0.25, 0.3) is 21.3 Å². The maximum Gasteiger partial charge on any atom is 0.267 e. The summed E-state index contributed by atoms with van der Waals surface area (Å²) >= 11 is 2.86. The predicted molar refractivity (Wildman–Crippen MR) is 110 cm³/mol. The number of thiazole rings is 1. The van der Waals surface area contributed by atoms with E-state index in [1.165, 1.54) is 22.7 Å². The van der Waals surface area contributed by atoms with E-state index in [1.54, 1.807) is 14.2 Å². The maximum atomic E-state index is 12.5. The maximum absolute atomic E-state index is 12.5. The Morgan fingerprint density at radius 1 is 1.04 bits per heavy atom. The summed E-state index contributed by atoms with van der Waals surface area (Å²) in [5.41, 5.74) is 1.67. The molecule has 4 aromatic rings. The standard InChI is InChI=1S/C20H16N2O3S2/c1-24-15-8-7-12(9-16(15)25-2)14-11-26-20(21-14)22-19(23)18-10-13-5-3-4-6-17(13)27-18/h3-11H,1-2H3,(H,21,22,23). The number of anilines is 1. The van der Waals surface area contributed by atoms with Crippen molar-refractivity contribution in [3.8, 4) is 22.8 Å². The second-order valence-electron chi connectivity index (χ2n) is 5.71. The van der Waals surface area contributed by atoms with Crippen molar-refractivity contribution in [1.29, 1.82) is 0 Å². The molecule has 0 fully saturated rings. The molecule has 2 aromatic heterocycles. The van der Waals surface area contributed by atoms with Crippen LogP contribution in [-0.2, 0) is 0 Å². The summed E-state index contributed by atoms with van der Waals surface area (Å²) in [6.45, 7) is 0. The molecule has 1 amide bonds. The Balaban J connectivity index is 1.55. The normalized spacial score (nSPS) is 10.7. The van der Waals surface area contributed by atoms with Gasteiger partial charge in [-0.05, 0) is 35.7 Å². The zero-order valence-corrected chi connectivity index (χ0v) is 16.3. The molecule has 2 aromatic carbocycles. The van der Waals surface area contributed by atoms with Crippen molar-refractivity contribution >= 4 is 43.8 Å². The fourth-order valence-corrected chi connectivity index (χ4v) is 4.38. The summed E-state index contributed by atoms with van der Waals surface area (Å²) in [7, 11) is 3.20. The second kappa shape index (κ2) is 7.38. The molecule has 2 heterocycles. The monoisotopic (exact) mass is 396 g/mol. The first-order valence-electron chi connectivity index (χ1n) is 8.16. The fourth-order valence-electron chi connectivity index (χ4n) is 2.71. The van der Waals surface area contributed by atoms with E-state index in [0.717, 1.165) is 21.3 Å². The minimum Gasteiger partial charge on any atom is -0.493 e.